The van der Waals surface area contributed by atoms with Crippen LogP contribution in [0.25, 0.3) is 11.0 Å². The molecule has 1 heterocycles. The molecular formula is C17H16FN3. The van der Waals surface area contributed by atoms with Gasteiger partial charge in [0.2, 0.25) is 0 Å². The van der Waals surface area contributed by atoms with Crippen molar-refractivity contribution in [3.05, 3.63) is 71.3 Å². The van der Waals surface area contributed by atoms with E-state index in [4.69, 9.17) is 0 Å². The molecule has 1 N–H and O–H groups in total. The van der Waals surface area contributed by atoms with E-state index in [0.29, 0.717) is 5.56 Å². The van der Waals surface area contributed by atoms with Gasteiger partial charge in [0.05, 0.1) is 29.0 Å². The fraction of sp³-hybridized carbons (Fsp3) is 0.176. The van der Waals surface area contributed by atoms with E-state index in [1.165, 1.54) is 0 Å². The van der Waals surface area contributed by atoms with Gasteiger partial charge in [-0.15, -0.1) is 0 Å². The van der Waals surface area contributed by atoms with Crippen LogP contribution in [0.1, 0.15) is 22.9 Å². The number of aryl methyl sites for hydroxylation is 1. The second-order valence-electron chi connectivity index (χ2n) is 5.01. The number of nitrogens with zero attached hydrogens (tertiary/aromatic N) is 2. The highest BCUT2D eigenvalue weighted by Gasteiger charge is 2.15. The zero-order valence-electron chi connectivity index (χ0n) is 12.0. The first-order valence-corrected chi connectivity index (χ1v) is 6.84. The summed E-state index contributed by atoms with van der Waals surface area (Å²) in [7, 11) is 1.83. The van der Waals surface area contributed by atoms with Crippen LogP contribution >= 0.6 is 0 Å². The summed E-state index contributed by atoms with van der Waals surface area (Å²) in [6, 6.07) is 12.8. The quantitative estimate of drug-likeness (QED) is 0.799. The Hall–Kier alpha value is -2.33. The summed E-state index contributed by atoms with van der Waals surface area (Å²) in [6.07, 6.45) is 1.74. The molecule has 1 atom stereocenters. The summed E-state index contributed by atoms with van der Waals surface area (Å²) in [5.41, 5.74) is 3.94. The van der Waals surface area contributed by atoms with Crippen LogP contribution in [0.4, 0.5) is 4.39 Å². The Balaban J connectivity index is 2.06. The highest BCUT2D eigenvalue weighted by atomic mass is 19.1. The van der Waals surface area contributed by atoms with Crippen LogP contribution in [0.2, 0.25) is 0 Å². The maximum Gasteiger partial charge on any atom is 0.126 e. The molecule has 0 aliphatic rings. The SMILES string of the molecule is CNC(c1ccc(C)c(F)c1)c1cnc2ccccc2n1. The number of hydrogen-bond acceptors (Lipinski definition) is 3. The van der Waals surface area contributed by atoms with Crippen LogP contribution in [-0.2, 0) is 0 Å². The van der Waals surface area contributed by atoms with Gasteiger partial charge in [0.15, 0.2) is 0 Å². The number of hydrogen-bond donors (Lipinski definition) is 1. The van der Waals surface area contributed by atoms with E-state index in [9.17, 15) is 4.39 Å². The zero-order valence-corrected chi connectivity index (χ0v) is 12.0. The predicted octanol–water partition coefficient (Wildman–Crippen LogP) is 3.39. The third-order valence-corrected chi connectivity index (χ3v) is 3.58. The van der Waals surface area contributed by atoms with E-state index < -0.39 is 0 Å². The molecule has 1 unspecified atom stereocenters. The average molecular weight is 281 g/mol. The van der Waals surface area contributed by atoms with Crippen LogP contribution < -0.4 is 5.32 Å². The van der Waals surface area contributed by atoms with E-state index in [1.807, 2.05) is 37.4 Å². The molecule has 0 radical (unpaired) electrons. The number of halogens is 1. The molecule has 0 amide bonds. The normalized spacial score (nSPS) is 12.5. The van der Waals surface area contributed by atoms with Crippen LogP contribution in [0, 0.1) is 12.7 Å². The molecule has 0 fully saturated rings. The third-order valence-electron chi connectivity index (χ3n) is 3.58. The molecule has 21 heavy (non-hydrogen) atoms. The number of fused-ring (bicyclic) bond motifs is 1. The van der Waals surface area contributed by atoms with Crippen LogP contribution in [0.5, 0.6) is 0 Å². The van der Waals surface area contributed by atoms with Crippen molar-refractivity contribution in [2.45, 2.75) is 13.0 Å². The Labute approximate surface area is 122 Å². The Kier molecular flexibility index (Phi) is 3.62. The lowest BCUT2D eigenvalue weighted by Gasteiger charge is -2.17. The van der Waals surface area contributed by atoms with E-state index in [0.717, 1.165) is 22.3 Å². The van der Waals surface area contributed by atoms with Gasteiger partial charge >= 0.3 is 0 Å². The Bertz CT molecular complexity index is 786. The van der Waals surface area contributed by atoms with Gasteiger partial charge in [0, 0.05) is 0 Å². The van der Waals surface area contributed by atoms with Crippen molar-refractivity contribution in [2.24, 2.45) is 0 Å². The van der Waals surface area contributed by atoms with Crippen LogP contribution in [0.3, 0.4) is 0 Å². The Morgan fingerprint density at radius 3 is 2.57 bits per heavy atom. The van der Waals surface area contributed by atoms with Crippen molar-refractivity contribution in [2.75, 3.05) is 7.05 Å². The number of para-hydroxylation sites is 2. The maximum atomic E-state index is 13.8. The largest absolute Gasteiger partial charge is 0.308 e. The first kappa shape index (κ1) is 13.6. The van der Waals surface area contributed by atoms with Gasteiger partial charge in [-0.2, -0.15) is 0 Å². The minimum atomic E-state index is -0.207. The molecule has 106 valence electrons. The molecule has 0 aliphatic carbocycles. The van der Waals surface area contributed by atoms with Crippen molar-refractivity contribution in [3.8, 4) is 0 Å². The average Bonchev–Trinajstić information content (AvgIpc) is 2.51. The lowest BCUT2D eigenvalue weighted by molar-refractivity contribution is 0.606. The van der Waals surface area contributed by atoms with Crippen LogP contribution in [-0.4, -0.2) is 17.0 Å². The van der Waals surface area contributed by atoms with Gasteiger partial charge in [-0.1, -0.05) is 24.3 Å². The van der Waals surface area contributed by atoms with Gasteiger partial charge in [-0.25, -0.2) is 9.37 Å². The summed E-state index contributed by atoms with van der Waals surface area (Å²) in [5, 5.41) is 3.18. The summed E-state index contributed by atoms with van der Waals surface area (Å²) in [4.78, 5) is 9.05. The summed E-state index contributed by atoms with van der Waals surface area (Å²) >= 11 is 0. The molecule has 3 rings (SSSR count). The highest BCUT2D eigenvalue weighted by molar-refractivity contribution is 5.73. The highest BCUT2D eigenvalue weighted by Crippen LogP contribution is 2.23. The molecule has 4 heteroatoms. The van der Waals surface area contributed by atoms with E-state index in [1.54, 1.807) is 25.3 Å². The fourth-order valence-corrected chi connectivity index (χ4v) is 2.38. The summed E-state index contributed by atoms with van der Waals surface area (Å²) < 4.78 is 13.8. The molecule has 3 aromatic rings. The minimum Gasteiger partial charge on any atom is -0.308 e. The molecule has 0 saturated carbocycles. The smallest absolute Gasteiger partial charge is 0.126 e. The number of rotatable bonds is 3. The molecule has 1 aromatic heterocycles. The predicted molar refractivity (Wildman–Crippen MR) is 81.6 cm³/mol. The minimum absolute atomic E-state index is 0.183. The molecule has 0 aliphatic heterocycles. The summed E-state index contributed by atoms with van der Waals surface area (Å²) in [6.45, 7) is 1.75. The molecule has 3 nitrogen and oxygen atoms in total. The monoisotopic (exact) mass is 281 g/mol. The number of aromatic nitrogens is 2. The van der Waals surface area contributed by atoms with Crippen molar-refractivity contribution in [3.63, 3.8) is 0 Å². The Morgan fingerprint density at radius 2 is 1.86 bits per heavy atom. The molecule has 0 spiro atoms. The summed E-state index contributed by atoms with van der Waals surface area (Å²) in [5.74, 6) is -0.207. The third kappa shape index (κ3) is 2.62. The fourth-order valence-electron chi connectivity index (χ4n) is 2.38. The lowest BCUT2D eigenvalue weighted by Crippen LogP contribution is -2.19. The van der Waals surface area contributed by atoms with Gasteiger partial charge in [-0.3, -0.25) is 4.98 Å². The van der Waals surface area contributed by atoms with Crippen molar-refractivity contribution in [1.29, 1.82) is 0 Å². The van der Waals surface area contributed by atoms with Gasteiger partial charge in [0.1, 0.15) is 5.82 Å². The molecule has 0 saturated heterocycles. The lowest BCUT2D eigenvalue weighted by atomic mass is 10.0. The Morgan fingerprint density at radius 1 is 1.10 bits per heavy atom. The first-order chi connectivity index (χ1) is 10.2. The van der Waals surface area contributed by atoms with Crippen molar-refractivity contribution >= 4 is 11.0 Å². The maximum absolute atomic E-state index is 13.8. The van der Waals surface area contributed by atoms with Gasteiger partial charge < -0.3 is 5.32 Å². The van der Waals surface area contributed by atoms with Gasteiger partial charge in [-0.05, 0) is 43.3 Å². The molecular weight excluding hydrogens is 265 g/mol. The first-order valence-electron chi connectivity index (χ1n) is 6.84. The van der Waals surface area contributed by atoms with E-state index in [-0.39, 0.29) is 11.9 Å². The topological polar surface area (TPSA) is 37.8 Å². The van der Waals surface area contributed by atoms with Crippen LogP contribution in [0.15, 0.2) is 48.7 Å². The number of benzene rings is 2. The zero-order chi connectivity index (χ0) is 14.8. The number of nitrogens with one attached hydrogen (secondary N) is 1. The second-order valence-corrected chi connectivity index (χ2v) is 5.01. The van der Waals surface area contributed by atoms with Gasteiger partial charge in [0.25, 0.3) is 0 Å². The standard InChI is InChI=1S/C17H16FN3/c1-11-7-8-12(9-13(11)18)17(19-2)16-10-20-14-5-3-4-6-15(14)21-16/h3-10,17,19H,1-2H3. The molecule has 2 aromatic carbocycles. The molecule has 0 bridgehead atoms. The van der Waals surface area contributed by atoms with Crippen molar-refractivity contribution < 1.29 is 4.39 Å². The van der Waals surface area contributed by atoms with E-state index >= 15 is 0 Å². The van der Waals surface area contributed by atoms with E-state index in [2.05, 4.69) is 15.3 Å². The second kappa shape index (κ2) is 5.58. The van der Waals surface area contributed by atoms with Crippen molar-refractivity contribution in [1.82, 2.24) is 15.3 Å².